The van der Waals surface area contributed by atoms with Crippen LogP contribution in [0.1, 0.15) is 28.9 Å². The van der Waals surface area contributed by atoms with E-state index in [1.165, 1.54) is 29.1 Å². The van der Waals surface area contributed by atoms with E-state index in [-0.39, 0.29) is 24.1 Å². The predicted molar refractivity (Wildman–Crippen MR) is 115 cm³/mol. The molecule has 0 spiro atoms. The number of carbonyl (C=O) groups excluding carboxylic acids is 2. The van der Waals surface area contributed by atoms with E-state index < -0.39 is 11.7 Å². The zero-order valence-corrected chi connectivity index (χ0v) is 17.5. The van der Waals surface area contributed by atoms with Gasteiger partial charge in [0.2, 0.25) is 5.91 Å². The van der Waals surface area contributed by atoms with E-state index in [0.29, 0.717) is 25.4 Å². The second kappa shape index (κ2) is 10.1. The van der Waals surface area contributed by atoms with Crippen molar-refractivity contribution in [2.45, 2.75) is 32.1 Å². The van der Waals surface area contributed by atoms with Crippen LogP contribution >= 0.6 is 0 Å². The first kappa shape index (κ1) is 21.6. The van der Waals surface area contributed by atoms with Gasteiger partial charge in [0.05, 0.1) is 35.9 Å². The Morgan fingerprint density at radius 1 is 1.19 bits per heavy atom. The molecule has 0 unspecified atom stereocenters. The maximum absolute atomic E-state index is 13.8. The average molecular weight is 437 g/mol. The number of amides is 2. The molecular weight excluding hydrogens is 413 g/mol. The van der Waals surface area contributed by atoms with Crippen molar-refractivity contribution >= 4 is 17.5 Å². The monoisotopic (exact) mass is 437 g/mol. The number of nitrogens with one attached hydrogen (secondary N) is 1. The molecule has 1 saturated heterocycles. The van der Waals surface area contributed by atoms with Gasteiger partial charge in [-0.2, -0.15) is 5.10 Å². The zero-order chi connectivity index (χ0) is 22.3. The highest BCUT2D eigenvalue weighted by molar-refractivity contribution is 6.04. The van der Waals surface area contributed by atoms with Crippen molar-refractivity contribution in [2.75, 3.05) is 18.4 Å². The lowest BCUT2D eigenvalue weighted by Gasteiger charge is -2.32. The van der Waals surface area contributed by atoms with Gasteiger partial charge in [0.1, 0.15) is 12.4 Å². The summed E-state index contributed by atoms with van der Waals surface area (Å²) in [6.45, 7) is 1.64. The van der Waals surface area contributed by atoms with Gasteiger partial charge in [-0.1, -0.05) is 18.2 Å². The maximum atomic E-state index is 13.8. The summed E-state index contributed by atoms with van der Waals surface area (Å²) in [5, 5.41) is 6.73. The van der Waals surface area contributed by atoms with E-state index in [1.807, 2.05) is 18.2 Å². The van der Waals surface area contributed by atoms with Crippen LogP contribution in [-0.4, -0.2) is 50.7 Å². The first-order valence-corrected chi connectivity index (χ1v) is 10.5. The molecule has 0 saturated carbocycles. The number of aromatic nitrogens is 3. The lowest BCUT2D eigenvalue weighted by molar-refractivity contribution is -0.136. The smallest absolute Gasteiger partial charge is 0.258 e. The molecule has 1 aromatic carbocycles. The fourth-order valence-corrected chi connectivity index (χ4v) is 3.58. The molecule has 1 aliphatic heterocycles. The van der Waals surface area contributed by atoms with Gasteiger partial charge in [-0.15, -0.1) is 0 Å². The van der Waals surface area contributed by atoms with Gasteiger partial charge in [0.25, 0.3) is 5.91 Å². The Balaban J connectivity index is 1.28. The van der Waals surface area contributed by atoms with Crippen LogP contribution in [0.4, 0.5) is 10.1 Å². The summed E-state index contributed by atoms with van der Waals surface area (Å²) in [5.74, 6) is -1.25. The number of likely N-dealkylation sites (tertiary alicyclic amines) is 1. The number of piperidine rings is 1. The molecule has 1 atom stereocenters. The largest absolute Gasteiger partial charge is 0.370 e. The highest BCUT2D eigenvalue weighted by Crippen LogP contribution is 2.16. The second-order valence-corrected chi connectivity index (χ2v) is 7.60. The summed E-state index contributed by atoms with van der Waals surface area (Å²) in [4.78, 5) is 31.0. The van der Waals surface area contributed by atoms with Gasteiger partial charge in [-0.3, -0.25) is 19.3 Å². The number of carbonyl (C=O) groups is 2. The lowest BCUT2D eigenvalue weighted by Crippen LogP contribution is -2.44. The highest BCUT2D eigenvalue weighted by atomic mass is 19.1. The van der Waals surface area contributed by atoms with Crippen LogP contribution in [-0.2, 0) is 22.7 Å². The van der Waals surface area contributed by atoms with E-state index in [4.69, 9.17) is 4.74 Å². The van der Waals surface area contributed by atoms with Crippen LogP contribution in [0, 0.1) is 5.82 Å². The molecule has 1 aliphatic rings. The minimum absolute atomic E-state index is 0.0389. The summed E-state index contributed by atoms with van der Waals surface area (Å²) in [5.41, 5.74) is 1.19. The SMILES string of the molecule is O=C(Nc1cnn(CC(=O)N2CCC[C@@H](OCc3ccccn3)C2)c1)c1ccccc1F. The molecule has 0 radical (unpaired) electrons. The molecule has 3 aromatic rings. The maximum Gasteiger partial charge on any atom is 0.258 e. The van der Waals surface area contributed by atoms with Crippen LogP contribution in [0.5, 0.6) is 0 Å². The summed E-state index contributed by atoms with van der Waals surface area (Å²) in [6.07, 6.45) is 6.43. The van der Waals surface area contributed by atoms with Gasteiger partial charge < -0.3 is 15.0 Å². The summed E-state index contributed by atoms with van der Waals surface area (Å²) in [7, 11) is 0. The van der Waals surface area contributed by atoms with Crippen LogP contribution in [0.25, 0.3) is 0 Å². The normalized spacial score (nSPS) is 16.0. The Hall–Kier alpha value is -3.59. The Labute approximate surface area is 185 Å². The first-order valence-electron chi connectivity index (χ1n) is 10.5. The van der Waals surface area contributed by atoms with Crippen LogP contribution in [0.2, 0.25) is 0 Å². The number of ether oxygens (including phenoxy) is 1. The molecule has 1 N–H and O–H groups in total. The topological polar surface area (TPSA) is 89.4 Å². The Bertz CT molecular complexity index is 1070. The molecule has 32 heavy (non-hydrogen) atoms. The molecular formula is C23H24FN5O3. The Morgan fingerprint density at radius 3 is 2.84 bits per heavy atom. The standard InChI is InChI=1S/C23H24FN5O3/c24-21-9-2-1-8-20(21)23(31)27-18-12-26-29(13-18)15-22(30)28-11-5-7-19(14-28)32-16-17-6-3-4-10-25-17/h1-4,6,8-10,12-13,19H,5,7,11,14-16H2,(H,27,31)/t19-/m1/s1. The molecule has 0 aliphatic carbocycles. The van der Waals surface area contributed by atoms with Crippen molar-refractivity contribution < 1.29 is 18.7 Å². The molecule has 166 valence electrons. The van der Waals surface area contributed by atoms with Crippen LogP contribution in [0.3, 0.4) is 0 Å². The summed E-state index contributed by atoms with van der Waals surface area (Å²) in [6, 6.07) is 11.4. The quantitative estimate of drug-likeness (QED) is 0.614. The lowest BCUT2D eigenvalue weighted by atomic mass is 10.1. The number of hydrogen-bond donors (Lipinski definition) is 1. The Kier molecular flexibility index (Phi) is 6.86. The summed E-state index contributed by atoms with van der Waals surface area (Å²) >= 11 is 0. The van der Waals surface area contributed by atoms with Crippen molar-refractivity contribution in [3.05, 3.63) is 78.1 Å². The van der Waals surface area contributed by atoms with Gasteiger partial charge in [-0.05, 0) is 37.1 Å². The number of rotatable bonds is 7. The number of halogens is 1. The first-order chi connectivity index (χ1) is 15.6. The fraction of sp³-hybridized carbons (Fsp3) is 0.304. The van der Waals surface area contributed by atoms with E-state index in [0.717, 1.165) is 18.5 Å². The Morgan fingerprint density at radius 2 is 2.03 bits per heavy atom. The van der Waals surface area contributed by atoms with Crippen molar-refractivity contribution in [1.82, 2.24) is 19.7 Å². The van der Waals surface area contributed by atoms with E-state index in [9.17, 15) is 14.0 Å². The highest BCUT2D eigenvalue weighted by Gasteiger charge is 2.24. The average Bonchev–Trinajstić information content (AvgIpc) is 3.25. The van der Waals surface area contributed by atoms with Gasteiger partial charge in [0.15, 0.2) is 0 Å². The zero-order valence-electron chi connectivity index (χ0n) is 17.5. The molecule has 4 rings (SSSR count). The minimum atomic E-state index is -0.600. The number of hydrogen-bond acceptors (Lipinski definition) is 5. The van der Waals surface area contributed by atoms with Crippen molar-refractivity contribution in [3.63, 3.8) is 0 Å². The third-order valence-corrected chi connectivity index (χ3v) is 5.23. The van der Waals surface area contributed by atoms with Crippen molar-refractivity contribution in [2.24, 2.45) is 0 Å². The molecule has 0 bridgehead atoms. The fourth-order valence-electron chi connectivity index (χ4n) is 3.58. The van der Waals surface area contributed by atoms with Gasteiger partial charge in [-0.25, -0.2) is 4.39 Å². The molecule has 2 aromatic heterocycles. The molecule has 8 nitrogen and oxygen atoms in total. The molecule has 3 heterocycles. The van der Waals surface area contributed by atoms with E-state index in [2.05, 4.69) is 15.4 Å². The second-order valence-electron chi connectivity index (χ2n) is 7.60. The molecule has 1 fully saturated rings. The van der Waals surface area contributed by atoms with Crippen LogP contribution < -0.4 is 5.32 Å². The number of anilines is 1. The molecule has 2 amide bonds. The third-order valence-electron chi connectivity index (χ3n) is 5.23. The van der Waals surface area contributed by atoms with Gasteiger partial charge >= 0.3 is 0 Å². The van der Waals surface area contributed by atoms with E-state index in [1.54, 1.807) is 23.4 Å². The number of nitrogens with zero attached hydrogens (tertiary/aromatic N) is 4. The van der Waals surface area contributed by atoms with Crippen molar-refractivity contribution in [1.29, 1.82) is 0 Å². The number of benzene rings is 1. The van der Waals surface area contributed by atoms with Crippen molar-refractivity contribution in [3.8, 4) is 0 Å². The third kappa shape index (κ3) is 5.55. The minimum Gasteiger partial charge on any atom is -0.370 e. The predicted octanol–water partition coefficient (Wildman–Crippen LogP) is 2.88. The number of pyridine rings is 1. The summed E-state index contributed by atoms with van der Waals surface area (Å²) < 4.78 is 21.2. The van der Waals surface area contributed by atoms with Gasteiger partial charge in [0, 0.05) is 25.5 Å². The molecule has 9 heteroatoms. The van der Waals surface area contributed by atoms with Crippen LogP contribution in [0.15, 0.2) is 61.1 Å². The van der Waals surface area contributed by atoms with E-state index >= 15 is 0 Å².